The van der Waals surface area contributed by atoms with E-state index >= 15 is 0 Å². The molecule has 2 aromatic carbocycles. The van der Waals surface area contributed by atoms with Gasteiger partial charge in [0.25, 0.3) is 6.43 Å². The molecule has 1 fully saturated rings. The molecule has 162 valence electrons. The third-order valence-electron chi connectivity index (χ3n) is 5.11. The quantitative estimate of drug-likeness (QED) is 0.473. The zero-order valence-electron chi connectivity index (χ0n) is 17.2. The van der Waals surface area contributed by atoms with Gasteiger partial charge in [-0.1, -0.05) is 24.3 Å². The summed E-state index contributed by atoms with van der Waals surface area (Å²) in [5, 5.41) is 0. The molecule has 1 saturated heterocycles. The molecule has 6 heteroatoms. The van der Waals surface area contributed by atoms with Gasteiger partial charge in [0, 0.05) is 11.5 Å². The zero-order chi connectivity index (χ0) is 21.5. The van der Waals surface area contributed by atoms with Crippen LogP contribution in [0.3, 0.4) is 0 Å². The third-order valence-corrected chi connectivity index (χ3v) is 5.11. The van der Waals surface area contributed by atoms with E-state index in [1.807, 2.05) is 37.3 Å². The Labute approximate surface area is 175 Å². The highest BCUT2D eigenvalue weighted by Crippen LogP contribution is 2.35. The Bertz CT molecular complexity index is 842. The van der Waals surface area contributed by atoms with Crippen molar-refractivity contribution in [3.63, 3.8) is 0 Å². The van der Waals surface area contributed by atoms with Gasteiger partial charge in [-0.15, -0.1) is 0 Å². The molecule has 0 radical (unpaired) electrons. The summed E-state index contributed by atoms with van der Waals surface area (Å²) in [6.07, 6.45) is 2.17. The Morgan fingerprint density at radius 2 is 1.77 bits per heavy atom. The molecule has 2 unspecified atom stereocenters. The fraction of sp³-hybridized carbons (Fsp3) is 0.417. The second-order valence-corrected chi connectivity index (χ2v) is 7.13. The van der Waals surface area contributed by atoms with Crippen LogP contribution in [0.25, 0.3) is 6.08 Å². The zero-order valence-corrected chi connectivity index (χ0v) is 17.2. The van der Waals surface area contributed by atoms with Gasteiger partial charge in [-0.3, -0.25) is 0 Å². The number of hydrogen-bond acceptors (Lipinski definition) is 3. The second kappa shape index (κ2) is 10.5. The Hall–Kier alpha value is -2.47. The lowest BCUT2D eigenvalue weighted by Crippen LogP contribution is -2.19. The highest BCUT2D eigenvalue weighted by atomic mass is 19.3. The third kappa shape index (κ3) is 5.36. The molecular formula is C24H27F3O3. The van der Waals surface area contributed by atoms with E-state index in [9.17, 15) is 13.2 Å². The van der Waals surface area contributed by atoms with Crippen molar-refractivity contribution in [1.82, 2.24) is 0 Å². The van der Waals surface area contributed by atoms with Crippen LogP contribution in [-0.2, 0) is 4.74 Å². The van der Waals surface area contributed by atoms with Gasteiger partial charge in [0.15, 0.2) is 0 Å². The Balaban J connectivity index is 1.62. The summed E-state index contributed by atoms with van der Waals surface area (Å²) in [6.45, 7) is 4.93. The van der Waals surface area contributed by atoms with E-state index in [2.05, 4.69) is 0 Å². The maximum absolute atomic E-state index is 14.6. The first kappa shape index (κ1) is 22.2. The average molecular weight is 420 g/mol. The van der Waals surface area contributed by atoms with E-state index in [0.29, 0.717) is 13.2 Å². The molecular weight excluding hydrogens is 393 g/mol. The summed E-state index contributed by atoms with van der Waals surface area (Å²) in [4.78, 5) is 0. The van der Waals surface area contributed by atoms with Crippen LogP contribution in [0.15, 0.2) is 42.5 Å². The topological polar surface area (TPSA) is 27.7 Å². The largest absolute Gasteiger partial charge is 0.494 e. The fourth-order valence-electron chi connectivity index (χ4n) is 3.58. The van der Waals surface area contributed by atoms with Gasteiger partial charge in [-0.2, -0.15) is 0 Å². The van der Waals surface area contributed by atoms with Crippen LogP contribution in [0.4, 0.5) is 13.2 Å². The van der Waals surface area contributed by atoms with Gasteiger partial charge in [0.05, 0.1) is 31.5 Å². The molecule has 0 N–H and O–H groups in total. The van der Waals surface area contributed by atoms with Crippen molar-refractivity contribution in [2.45, 2.75) is 39.2 Å². The Kier molecular flexibility index (Phi) is 7.80. The molecule has 1 aliphatic heterocycles. The second-order valence-electron chi connectivity index (χ2n) is 7.13. The van der Waals surface area contributed by atoms with E-state index in [1.165, 1.54) is 12.1 Å². The first-order valence-electron chi connectivity index (χ1n) is 10.3. The molecule has 2 aromatic rings. The number of benzene rings is 2. The first-order chi connectivity index (χ1) is 14.5. The lowest BCUT2D eigenvalue weighted by molar-refractivity contribution is -0.00507. The SMILES string of the molecule is CCOc1ccc(C2CCC(/C=C/c3ccc(OCC)c(C(F)F)c3F)CO2)cc1. The molecule has 30 heavy (non-hydrogen) atoms. The standard InChI is InChI=1S/C24H27F3O3/c1-3-28-19-11-8-17(9-12-19)20-13-6-16(15-30-20)5-7-18-10-14-21(29-4-2)22(23(18)25)24(26)27/h5,7-12,14,16,20,24H,3-4,6,13,15H2,1-2H3/b7-5+. The Morgan fingerprint density at radius 3 is 2.37 bits per heavy atom. The van der Waals surface area contributed by atoms with Crippen molar-refractivity contribution in [2.75, 3.05) is 19.8 Å². The van der Waals surface area contributed by atoms with Gasteiger partial charge in [-0.05, 0) is 56.5 Å². The number of rotatable bonds is 8. The van der Waals surface area contributed by atoms with Gasteiger partial charge in [0.1, 0.15) is 17.3 Å². The lowest BCUT2D eigenvalue weighted by atomic mass is 9.93. The molecule has 0 aliphatic carbocycles. The monoisotopic (exact) mass is 420 g/mol. The predicted molar refractivity (Wildman–Crippen MR) is 111 cm³/mol. The minimum atomic E-state index is -2.94. The molecule has 0 aromatic heterocycles. The van der Waals surface area contributed by atoms with Gasteiger partial charge < -0.3 is 14.2 Å². The van der Waals surface area contributed by atoms with Crippen molar-refractivity contribution in [1.29, 1.82) is 0 Å². The molecule has 0 saturated carbocycles. The van der Waals surface area contributed by atoms with Crippen LogP contribution in [0.1, 0.15) is 55.9 Å². The van der Waals surface area contributed by atoms with Crippen molar-refractivity contribution in [3.8, 4) is 11.5 Å². The summed E-state index contributed by atoms with van der Waals surface area (Å²) in [5.74, 6) is -0.110. The van der Waals surface area contributed by atoms with Crippen LogP contribution in [0.5, 0.6) is 11.5 Å². The van der Waals surface area contributed by atoms with Crippen molar-refractivity contribution >= 4 is 6.08 Å². The maximum atomic E-state index is 14.6. The molecule has 1 aliphatic rings. The molecule has 0 spiro atoms. The van der Waals surface area contributed by atoms with Crippen molar-refractivity contribution < 1.29 is 27.4 Å². The van der Waals surface area contributed by atoms with Crippen LogP contribution >= 0.6 is 0 Å². The van der Waals surface area contributed by atoms with Crippen molar-refractivity contribution in [3.05, 3.63) is 65.0 Å². The molecule has 3 nitrogen and oxygen atoms in total. The van der Waals surface area contributed by atoms with Gasteiger partial charge >= 0.3 is 0 Å². The number of alkyl halides is 2. The van der Waals surface area contributed by atoms with Gasteiger partial charge in [-0.25, -0.2) is 13.2 Å². The Morgan fingerprint density at radius 1 is 1.03 bits per heavy atom. The molecule has 1 heterocycles. The minimum Gasteiger partial charge on any atom is -0.494 e. The van der Waals surface area contributed by atoms with E-state index in [0.717, 1.165) is 24.2 Å². The number of ether oxygens (including phenoxy) is 3. The van der Waals surface area contributed by atoms with Gasteiger partial charge in [0.2, 0.25) is 0 Å². The minimum absolute atomic E-state index is 0.0120. The summed E-state index contributed by atoms with van der Waals surface area (Å²) < 4.78 is 57.7. The van der Waals surface area contributed by atoms with E-state index in [-0.39, 0.29) is 29.9 Å². The lowest BCUT2D eigenvalue weighted by Gasteiger charge is -2.28. The molecule has 2 atom stereocenters. The summed E-state index contributed by atoms with van der Waals surface area (Å²) in [5.41, 5.74) is 0.539. The van der Waals surface area contributed by atoms with Crippen LogP contribution in [-0.4, -0.2) is 19.8 Å². The van der Waals surface area contributed by atoms with E-state index < -0.39 is 17.8 Å². The van der Waals surface area contributed by atoms with Crippen LogP contribution < -0.4 is 9.47 Å². The molecule has 0 amide bonds. The smallest absolute Gasteiger partial charge is 0.270 e. The van der Waals surface area contributed by atoms with Crippen LogP contribution in [0.2, 0.25) is 0 Å². The van der Waals surface area contributed by atoms with Crippen molar-refractivity contribution in [2.24, 2.45) is 5.92 Å². The number of halogens is 3. The maximum Gasteiger partial charge on any atom is 0.270 e. The summed E-state index contributed by atoms with van der Waals surface area (Å²) in [6, 6.07) is 10.7. The highest BCUT2D eigenvalue weighted by Gasteiger charge is 2.23. The normalized spacial score (nSPS) is 19.4. The average Bonchev–Trinajstić information content (AvgIpc) is 2.74. The van der Waals surface area contributed by atoms with E-state index in [4.69, 9.17) is 14.2 Å². The molecule has 3 rings (SSSR count). The van der Waals surface area contributed by atoms with E-state index in [1.54, 1.807) is 13.0 Å². The van der Waals surface area contributed by atoms with Crippen LogP contribution in [0, 0.1) is 11.7 Å². The highest BCUT2D eigenvalue weighted by molar-refractivity contribution is 5.55. The molecule has 0 bridgehead atoms. The summed E-state index contributed by atoms with van der Waals surface area (Å²) in [7, 11) is 0. The predicted octanol–water partition coefficient (Wildman–Crippen LogP) is 6.74. The number of hydrogen-bond donors (Lipinski definition) is 0. The fourth-order valence-corrected chi connectivity index (χ4v) is 3.58. The first-order valence-corrected chi connectivity index (χ1v) is 10.3. The summed E-state index contributed by atoms with van der Waals surface area (Å²) >= 11 is 0.